The van der Waals surface area contributed by atoms with Gasteiger partial charge in [0.1, 0.15) is 0 Å². The van der Waals surface area contributed by atoms with Crippen LogP contribution in [-0.4, -0.2) is 81.5 Å². The van der Waals surface area contributed by atoms with Crippen molar-refractivity contribution in [3.63, 3.8) is 0 Å². The molecule has 7 atom stereocenters. The lowest BCUT2D eigenvalue weighted by atomic mass is 9.70. The SMILES string of the molecule is CCOC(C)O[C@@H]1/C(=C\C(C/C=C2/CCC[C@@](C)(CO[Si](C)(C)C(C)(C)C)[C@H]2OC(C)OCC)S(=O)(=O)c2ccccc2)CCC[C@]1(C)CO[Si](C)(C)C(C)(C)C. The summed E-state index contributed by atoms with van der Waals surface area (Å²) in [7, 11) is -7.93. The second-order valence-electron chi connectivity index (χ2n) is 20.3. The van der Waals surface area contributed by atoms with E-state index in [9.17, 15) is 8.42 Å². The van der Waals surface area contributed by atoms with Crippen LogP contribution in [0.15, 0.2) is 58.5 Å². The Labute approximate surface area is 351 Å². The largest absolute Gasteiger partial charge is 0.416 e. The van der Waals surface area contributed by atoms with Gasteiger partial charge in [0.25, 0.3) is 0 Å². The van der Waals surface area contributed by atoms with Gasteiger partial charge in [-0.2, -0.15) is 0 Å². The lowest BCUT2D eigenvalue weighted by molar-refractivity contribution is -0.184. The molecule has 2 aliphatic carbocycles. The van der Waals surface area contributed by atoms with Crippen molar-refractivity contribution >= 4 is 26.5 Å². The lowest BCUT2D eigenvalue weighted by Gasteiger charge is -2.47. The van der Waals surface area contributed by atoms with Crippen LogP contribution in [0.25, 0.3) is 0 Å². The van der Waals surface area contributed by atoms with E-state index in [1.807, 2.05) is 39.8 Å². The fraction of sp³-hybridized carbons (Fsp3) is 0.783. The molecule has 8 nitrogen and oxygen atoms in total. The molecular weight excluding hydrogens is 769 g/mol. The van der Waals surface area contributed by atoms with Gasteiger partial charge < -0.3 is 27.8 Å². The zero-order valence-corrected chi connectivity index (χ0v) is 41.7. The van der Waals surface area contributed by atoms with E-state index in [1.54, 1.807) is 24.3 Å². The molecule has 0 bridgehead atoms. The molecule has 0 heterocycles. The van der Waals surface area contributed by atoms with Crippen LogP contribution in [0.3, 0.4) is 0 Å². The van der Waals surface area contributed by atoms with Crippen LogP contribution in [0.2, 0.25) is 36.3 Å². The van der Waals surface area contributed by atoms with Crippen molar-refractivity contribution in [2.24, 2.45) is 10.8 Å². The highest BCUT2D eigenvalue weighted by Crippen LogP contribution is 2.47. The number of sulfone groups is 1. The zero-order chi connectivity index (χ0) is 43.1. The molecule has 57 heavy (non-hydrogen) atoms. The number of allylic oxidation sites excluding steroid dienone is 1. The van der Waals surface area contributed by atoms with Gasteiger partial charge in [-0.15, -0.1) is 0 Å². The van der Waals surface area contributed by atoms with Gasteiger partial charge in [-0.25, -0.2) is 8.42 Å². The summed E-state index contributed by atoms with van der Waals surface area (Å²) in [6.45, 7) is 37.3. The molecular formula is C46H82O8SSi2. The highest BCUT2D eigenvalue weighted by Gasteiger charge is 2.47. The molecule has 3 unspecified atom stereocenters. The van der Waals surface area contributed by atoms with E-state index in [1.165, 1.54) is 0 Å². The Kier molecular flexibility index (Phi) is 17.7. The molecule has 1 aromatic rings. The van der Waals surface area contributed by atoms with E-state index < -0.39 is 44.3 Å². The maximum absolute atomic E-state index is 14.8. The minimum absolute atomic E-state index is 0.0576. The van der Waals surface area contributed by atoms with E-state index in [0.717, 1.165) is 49.7 Å². The third-order valence-electron chi connectivity index (χ3n) is 13.4. The molecule has 2 aliphatic rings. The zero-order valence-electron chi connectivity index (χ0n) is 38.9. The summed E-state index contributed by atoms with van der Waals surface area (Å²) in [4.78, 5) is 0.319. The molecule has 0 amide bonds. The summed E-state index contributed by atoms with van der Waals surface area (Å²) in [5, 5.41) is -0.685. The quantitative estimate of drug-likeness (QED) is 0.0772. The fourth-order valence-corrected chi connectivity index (χ4v) is 11.5. The van der Waals surface area contributed by atoms with Gasteiger partial charge in [-0.1, -0.05) is 85.7 Å². The average Bonchev–Trinajstić information content (AvgIpc) is 3.11. The minimum Gasteiger partial charge on any atom is -0.416 e. The van der Waals surface area contributed by atoms with Gasteiger partial charge in [0.15, 0.2) is 39.1 Å². The van der Waals surface area contributed by atoms with Crippen LogP contribution in [0, 0.1) is 10.8 Å². The van der Waals surface area contributed by atoms with Crippen molar-refractivity contribution in [3.8, 4) is 0 Å². The van der Waals surface area contributed by atoms with Crippen LogP contribution >= 0.6 is 0 Å². The average molecular weight is 851 g/mol. The molecule has 0 aromatic heterocycles. The first-order chi connectivity index (χ1) is 26.2. The summed E-state index contributed by atoms with van der Waals surface area (Å²) < 4.78 is 68.9. The third-order valence-corrected chi connectivity index (χ3v) is 24.5. The Hall–Kier alpha value is -1.16. The van der Waals surface area contributed by atoms with E-state index in [0.29, 0.717) is 37.7 Å². The molecule has 0 radical (unpaired) electrons. The molecule has 1 aromatic carbocycles. The van der Waals surface area contributed by atoms with Gasteiger partial charge in [-0.3, -0.25) is 0 Å². The number of hydrogen-bond donors (Lipinski definition) is 0. The number of rotatable bonds is 19. The van der Waals surface area contributed by atoms with Crippen molar-refractivity contribution in [2.45, 2.75) is 199 Å². The fourth-order valence-electron chi connectivity index (χ4n) is 7.62. The van der Waals surface area contributed by atoms with E-state index in [2.05, 4.69) is 87.7 Å². The van der Waals surface area contributed by atoms with Gasteiger partial charge in [0.05, 0.1) is 22.4 Å². The highest BCUT2D eigenvalue weighted by molar-refractivity contribution is 7.92. The summed E-state index contributed by atoms with van der Waals surface area (Å²) in [6, 6.07) is 8.88. The lowest BCUT2D eigenvalue weighted by Crippen LogP contribution is -2.49. The maximum Gasteiger partial charge on any atom is 0.192 e. The molecule has 0 N–H and O–H groups in total. The second kappa shape index (κ2) is 20.1. The molecule has 2 fully saturated rings. The Balaban J connectivity index is 2.15. The molecule has 2 saturated carbocycles. The van der Waals surface area contributed by atoms with Crippen molar-refractivity contribution in [3.05, 3.63) is 53.6 Å². The molecule has 328 valence electrons. The third kappa shape index (κ3) is 13.2. The Morgan fingerprint density at radius 2 is 1.16 bits per heavy atom. The smallest absolute Gasteiger partial charge is 0.192 e. The molecule has 11 heteroatoms. The van der Waals surface area contributed by atoms with Crippen LogP contribution in [-0.2, 0) is 37.6 Å². The molecule has 0 spiro atoms. The predicted octanol–water partition coefficient (Wildman–Crippen LogP) is 12.0. The second-order valence-corrected chi connectivity index (χ2v) is 32.1. The number of hydrogen-bond acceptors (Lipinski definition) is 8. The van der Waals surface area contributed by atoms with Crippen LogP contribution in [0.4, 0.5) is 0 Å². The summed E-state index contributed by atoms with van der Waals surface area (Å²) in [5.41, 5.74) is 1.45. The Morgan fingerprint density at radius 3 is 1.58 bits per heavy atom. The number of ether oxygens (including phenoxy) is 4. The maximum atomic E-state index is 14.8. The predicted molar refractivity (Wildman–Crippen MR) is 240 cm³/mol. The van der Waals surface area contributed by atoms with Gasteiger partial charge in [-0.05, 0) is 132 Å². The standard InChI is InChI=1S/C46H82O8SSi2/c1-17-49-35(3)53-41-37(24-22-30-45(41,11)33-51-56(13,14)43(5,6)7)28-29-40(55(47,48)39-26-20-19-21-27-39)32-38-25-23-31-46(12,42(38)54-36(4)50-18-2)34-52-57(15,16)44(8,9)10/h19-21,26-28,32,35-36,40-42H,17-18,22-25,29-31,33-34H2,1-16H3/b37-28-,38-32-/t35?,36?,40?,41-,42+,45-,46+/m0/s1. The van der Waals surface area contributed by atoms with Gasteiger partial charge in [0.2, 0.25) is 0 Å². The van der Waals surface area contributed by atoms with Crippen molar-refractivity contribution in [1.29, 1.82) is 0 Å². The van der Waals surface area contributed by atoms with Crippen LogP contribution in [0.5, 0.6) is 0 Å². The first-order valence-corrected chi connectivity index (χ1v) is 29.1. The van der Waals surface area contributed by atoms with Crippen molar-refractivity contribution in [2.75, 3.05) is 26.4 Å². The monoisotopic (exact) mass is 851 g/mol. The topological polar surface area (TPSA) is 89.5 Å². The Morgan fingerprint density at radius 1 is 0.737 bits per heavy atom. The minimum atomic E-state index is -3.80. The van der Waals surface area contributed by atoms with E-state index in [4.69, 9.17) is 27.8 Å². The van der Waals surface area contributed by atoms with E-state index >= 15 is 0 Å². The van der Waals surface area contributed by atoms with Crippen LogP contribution in [0.1, 0.15) is 128 Å². The molecule has 0 saturated heterocycles. The van der Waals surface area contributed by atoms with Gasteiger partial charge in [0, 0.05) is 37.3 Å². The summed E-state index contributed by atoms with van der Waals surface area (Å²) >= 11 is 0. The normalized spacial score (nSPS) is 27.4. The number of benzene rings is 1. The first kappa shape index (κ1) is 50.2. The summed E-state index contributed by atoms with van der Waals surface area (Å²) in [5.74, 6) is 0. The Bertz CT molecular complexity index is 1580. The highest BCUT2D eigenvalue weighted by atomic mass is 32.2. The van der Waals surface area contributed by atoms with Crippen molar-refractivity contribution in [1.82, 2.24) is 0 Å². The van der Waals surface area contributed by atoms with Crippen molar-refractivity contribution < 1.29 is 36.2 Å². The molecule has 3 rings (SSSR count). The van der Waals surface area contributed by atoms with Gasteiger partial charge >= 0.3 is 0 Å². The summed E-state index contributed by atoms with van der Waals surface area (Å²) in [6.07, 6.45) is 8.30. The van der Waals surface area contributed by atoms with Crippen LogP contribution < -0.4 is 0 Å². The first-order valence-electron chi connectivity index (χ1n) is 21.7. The molecule has 0 aliphatic heterocycles. The van der Waals surface area contributed by atoms with E-state index in [-0.39, 0.29) is 33.1 Å².